The van der Waals surface area contributed by atoms with E-state index in [2.05, 4.69) is 20.7 Å². The first kappa shape index (κ1) is 15.9. The average molecular weight is 327 g/mol. The van der Waals surface area contributed by atoms with Crippen molar-refractivity contribution in [1.29, 1.82) is 0 Å². The van der Waals surface area contributed by atoms with Gasteiger partial charge < -0.3 is 5.32 Å². The van der Waals surface area contributed by atoms with Crippen molar-refractivity contribution in [2.45, 2.75) is 0 Å². The Morgan fingerprint density at radius 3 is 2.59 bits per heavy atom. The van der Waals surface area contributed by atoms with E-state index in [0.29, 0.717) is 5.69 Å². The molecule has 10 heteroatoms. The molecule has 2 rings (SSSR count). The van der Waals surface area contributed by atoms with Crippen LogP contribution in [-0.4, -0.2) is 34.0 Å². The summed E-state index contributed by atoms with van der Waals surface area (Å²) in [6.45, 7) is 0. The van der Waals surface area contributed by atoms with Crippen molar-refractivity contribution in [1.82, 2.24) is 15.0 Å². The van der Waals surface area contributed by atoms with Crippen LogP contribution in [0.15, 0.2) is 24.5 Å². The number of nitro groups is 1. The molecule has 116 valence electrons. The summed E-state index contributed by atoms with van der Waals surface area (Å²) < 4.78 is 13.1. The van der Waals surface area contributed by atoms with Crippen molar-refractivity contribution in [3.8, 4) is 0 Å². The molecule has 8 nitrogen and oxygen atoms in total. The Labute approximate surface area is 130 Å². The lowest BCUT2D eigenvalue weighted by atomic mass is 10.3. The van der Waals surface area contributed by atoms with E-state index in [4.69, 9.17) is 11.6 Å². The quantitative estimate of drug-likeness (QED) is 0.644. The summed E-state index contributed by atoms with van der Waals surface area (Å²) in [6.07, 6.45) is 1.17. The highest BCUT2D eigenvalue weighted by Crippen LogP contribution is 2.32. The van der Waals surface area contributed by atoms with Crippen molar-refractivity contribution in [3.63, 3.8) is 0 Å². The van der Waals surface area contributed by atoms with E-state index in [1.807, 2.05) is 0 Å². The third kappa shape index (κ3) is 3.57. The second-order valence-electron chi connectivity index (χ2n) is 4.44. The predicted molar refractivity (Wildman–Crippen MR) is 80.7 cm³/mol. The van der Waals surface area contributed by atoms with E-state index in [0.717, 1.165) is 6.07 Å². The fourth-order valence-electron chi connectivity index (χ4n) is 1.65. The molecule has 22 heavy (non-hydrogen) atoms. The lowest BCUT2D eigenvalue weighted by Gasteiger charge is -2.14. The fraction of sp³-hybridized carbons (Fsp3) is 0.167. The SMILES string of the molecule is CN(C)Nc1ncnc(Nc2ccc(F)c(Cl)c2)c1[N+](=O)[O-]. The summed E-state index contributed by atoms with van der Waals surface area (Å²) in [7, 11) is 3.33. The van der Waals surface area contributed by atoms with Crippen LogP contribution in [0.25, 0.3) is 0 Å². The minimum atomic E-state index is -0.612. The van der Waals surface area contributed by atoms with Gasteiger partial charge in [-0.1, -0.05) is 11.6 Å². The smallest absolute Gasteiger partial charge is 0.334 e. The van der Waals surface area contributed by atoms with Gasteiger partial charge >= 0.3 is 5.69 Å². The van der Waals surface area contributed by atoms with Crippen molar-refractivity contribution in [3.05, 3.63) is 45.5 Å². The molecule has 0 bridgehead atoms. The summed E-state index contributed by atoms with van der Waals surface area (Å²) >= 11 is 5.68. The summed E-state index contributed by atoms with van der Waals surface area (Å²) in [5.41, 5.74) is 2.74. The monoisotopic (exact) mass is 326 g/mol. The van der Waals surface area contributed by atoms with Gasteiger partial charge in [0.05, 0.1) is 9.95 Å². The van der Waals surface area contributed by atoms with Gasteiger partial charge in [-0.25, -0.2) is 19.4 Å². The Morgan fingerprint density at radius 1 is 1.32 bits per heavy atom. The molecule has 0 fully saturated rings. The number of rotatable bonds is 5. The number of nitrogens with one attached hydrogen (secondary N) is 2. The standard InChI is InChI=1S/C12H12ClFN6O2/c1-19(2)18-12-10(20(21)22)11(15-6-16-12)17-7-3-4-9(14)8(13)5-7/h3-6H,1-2H3,(H2,15,16,17,18). The Bertz CT molecular complexity index is 712. The highest BCUT2D eigenvalue weighted by Gasteiger charge is 2.23. The van der Waals surface area contributed by atoms with E-state index in [9.17, 15) is 14.5 Å². The number of halogens is 2. The maximum Gasteiger partial charge on any atom is 0.354 e. The number of hydrazine groups is 1. The lowest BCUT2D eigenvalue weighted by Crippen LogP contribution is -2.21. The first-order valence-electron chi connectivity index (χ1n) is 6.04. The van der Waals surface area contributed by atoms with Crippen LogP contribution in [0.4, 0.5) is 27.4 Å². The number of aromatic nitrogens is 2. The molecule has 0 aliphatic carbocycles. The average Bonchev–Trinajstić information content (AvgIpc) is 2.42. The second kappa shape index (κ2) is 6.50. The Morgan fingerprint density at radius 2 is 2.00 bits per heavy atom. The largest absolute Gasteiger partial charge is 0.354 e. The van der Waals surface area contributed by atoms with Crippen molar-refractivity contribution in [2.24, 2.45) is 0 Å². The van der Waals surface area contributed by atoms with Gasteiger partial charge in [0.15, 0.2) is 0 Å². The fourth-order valence-corrected chi connectivity index (χ4v) is 1.83. The third-order valence-electron chi connectivity index (χ3n) is 2.52. The number of hydrogen-bond donors (Lipinski definition) is 2. The molecule has 0 aliphatic heterocycles. The number of nitrogens with zero attached hydrogens (tertiary/aromatic N) is 4. The van der Waals surface area contributed by atoms with E-state index in [-0.39, 0.29) is 22.3 Å². The topological polar surface area (TPSA) is 96.2 Å². The summed E-state index contributed by atoms with van der Waals surface area (Å²) in [4.78, 5) is 18.4. The Kier molecular flexibility index (Phi) is 4.68. The van der Waals surface area contributed by atoms with Crippen molar-refractivity contribution in [2.75, 3.05) is 24.8 Å². The predicted octanol–water partition coefficient (Wildman–Crippen LogP) is 2.81. The van der Waals surface area contributed by atoms with Crippen LogP contribution in [0, 0.1) is 15.9 Å². The number of hydrogen-bond acceptors (Lipinski definition) is 7. The summed E-state index contributed by atoms with van der Waals surface area (Å²) in [5.74, 6) is -0.591. The molecule has 1 aromatic heterocycles. The molecule has 1 heterocycles. The third-order valence-corrected chi connectivity index (χ3v) is 2.81. The first-order chi connectivity index (χ1) is 10.4. The van der Waals surface area contributed by atoms with Gasteiger partial charge in [-0.05, 0) is 18.2 Å². The van der Waals surface area contributed by atoms with Gasteiger partial charge in [0, 0.05) is 19.8 Å². The highest BCUT2D eigenvalue weighted by molar-refractivity contribution is 6.31. The van der Waals surface area contributed by atoms with E-state index >= 15 is 0 Å². The van der Waals surface area contributed by atoms with Gasteiger partial charge in [-0.15, -0.1) is 0 Å². The van der Waals surface area contributed by atoms with Crippen LogP contribution in [0.2, 0.25) is 5.02 Å². The molecule has 0 spiro atoms. The zero-order valence-corrected chi connectivity index (χ0v) is 12.4. The van der Waals surface area contributed by atoms with Crippen LogP contribution < -0.4 is 10.7 Å². The van der Waals surface area contributed by atoms with Gasteiger partial charge in [0.2, 0.25) is 11.6 Å². The van der Waals surface area contributed by atoms with E-state index in [1.54, 1.807) is 14.1 Å². The molecule has 0 unspecified atom stereocenters. The Balaban J connectivity index is 2.41. The maximum absolute atomic E-state index is 13.1. The zero-order valence-electron chi connectivity index (χ0n) is 11.7. The molecule has 0 amide bonds. The van der Waals surface area contributed by atoms with E-state index in [1.165, 1.54) is 23.5 Å². The van der Waals surface area contributed by atoms with Crippen LogP contribution >= 0.6 is 11.6 Å². The molecule has 0 saturated heterocycles. The minimum absolute atomic E-state index is 0.0284. The number of benzene rings is 1. The van der Waals surface area contributed by atoms with Crippen molar-refractivity contribution < 1.29 is 9.31 Å². The molecular formula is C12H12ClFN6O2. The molecule has 0 radical (unpaired) electrons. The van der Waals surface area contributed by atoms with Crippen LogP contribution in [-0.2, 0) is 0 Å². The normalized spacial score (nSPS) is 10.6. The van der Waals surface area contributed by atoms with E-state index < -0.39 is 10.7 Å². The van der Waals surface area contributed by atoms with Crippen molar-refractivity contribution >= 4 is 34.6 Å². The first-order valence-corrected chi connectivity index (χ1v) is 6.41. The van der Waals surface area contributed by atoms with Crippen LogP contribution in [0.3, 0.4) is 0 Å². The molecule has 1 aromatic carbocycles. The molecular weight excluding hydrogens is 315 g/mol. The molecule has 2 aromatic rings. The molecule has 0 aliphatic rings. The second-order valence-corrected chi connectivity index (χ2v) is 4.84. The summed E-state index contributed by atoms with van der Waals surface area (Å²) in [6, 6.07) is 3.85. The van der Waals surface area contributed by atoms with Gasteiger partial charge in [-0.2, -0.15) is 0 Å². The number of anilines is 3. The van der Waals surface area contributed by atoms with Gasteiger partial charge in [0.1, 0.15) is 12.1 Å². The highest BCUT2D eigenvalue weighted by atomic mass is 35.5. The van der Waals surface area contributed by atoms with Gasteiger partial charge in [-0.3, -0.25) is 15.5 Å². The van der Waals surface area contributed by atoms with Crippen LogP contribution in [0.1, 0.15) is 0 Å². The Hall–Kier alpha value is -2.52. The zero-order chi connectivity index (χ0) is 16.3. The van der Waals surface area contributed by atoms with Gasteiger partial charge in [0.25, 0.3) is 0 Å². The summed E-state index contributed by atoms with van der Waals surface area (Å²) in [5, 5.41) is 15.4. The molecule has 2 N–H and O–H groups in total. The molecule has 0 atom stereocenters. The maximum atomic E-state index is 13.1. The minimum Gasteiger partial charge on any atom is -0.334 e. The lowest BCUT2D eigenvalue weighted by molar-refractivity contribution is -0.383. The van der Waals surface area contributed by atoms with Crippen LogP contribution in [0.5, 0.6) is 0 Å². The molecule has 0 saturated carbocycles.